The van der Waals surface area contributed by atoms with Crippen LogP contribution in [0.1, 0.15) is 19.3 Å². The molecule has 0 radical (unpaired) electrons. The van der Waals surface area contributed by atoms with E-state index in [0.717, 1.165) is 19.3 Å². The lowest BCUT2D eigenvalue weighted by Gasteiger charge is -2.25. The Hall–Kier alpha value is -1.14. The van der Waals surface area contributed by atoms with E-state index in [4.69, 9.17) is 11.7 Å². The van der Waals surface area contributed by atoms with Gasteiger partial charge in [-0.25, -0.2) is 11.7 Å². The van der Waals surface area contributed by atoms with Gasteiger partial charge < -0.3 is 0 Å². The van der Waals surface area contributed by atoms with Crippen LogP contribution < -0.4 is 22.5 Å². The zero-order valence-electron chi connectivity index (χ0n) is 8.40. The lowest BCUT2D eigenvalue weighted by Crippen LogP contribution is -2.42. The van der Waals surface area contributed by atoms with Crippen molar-refractivity contribution < 1.29 is 9.59 Å². The molecule has 2 aliphatic carbocycles. The molecule has 15 heavy (non-hydrogen) atoms. The van der Waals surface area contributed by atoms with Crippen LogP contribution in [0.25, 0.3) is 0 Å². The Morgan fingerprint density at radius 2 is 1.27 bits per heavy atom. The van der Waals surface area contributed by atoms with Gasteiger partial charge in [0.05, 0.1) is 0 Å². The first-order valence-electron chi connectivity index (χ1n) is 5.18. The van der Waals surface area contributed by atoms with Gasteiger partial charge in [-0.1, -0.05) is 0 Å². The third-order valence-electron chi connectivity index (χ3n) is 3.81. The van der Waals surface area contributed by atoms with Crippen molar-refractivity contribution in [3.63, 3.8) is 0 Å². The molecule has 0 heterocycles. The van der Waals surface area contributed by atoms with Crippen LogP contribution in [0.5, 0.6) is 0 Å². The van der Waals surface area contributed by atoms with Gasteiger partial charge in [0, 0.05) is 11.8 Å². The molecule has 0 spiro atoms. The van der Waals surface area contributed by atoms with E-state index in [0.29, 0.717) is 11.8 Å². The monoisotopic (exact) mass is 212 g/mol. The van der Waals surface area contributed by atoms with Gasteiger partial charge in [0.2, 0.25) is 11.8 Å². The minimum Gasteiger partial charge on any atom is -0.294 e. The number of carbonyl (C=O) groups is 2. The first-order valence-corrected chi connectivity index (χ1v) is 5.18. The number of fused-ring (bicyclic) bond motifs is 2. The number of hydrogen-bond donors (Lipinski definition) is 4. The van der Waals surface area contributed by atoms with Crippen molar-refractivity contribution in [3.05, 3.63) is 0 Å². The molecule has 0 aromatic heterocycles. The topological polar surface area (TPSA) is 110 Å². The van der Waals surface area contributed by atoms with Crippen LogP contribution in [-0.2, 0) is 9.59 Å². The van der Waals surface area contributed by atoms with Gasteiger partial charge in [-0.05, 0) is 31.1 Å². The summed E-state index contributed by atoms with van der Waals surface area (Å²) in [6.45, 7) is 0. The predicted molar refractivity (Wildman–Crippen MR) is 52.5 cm³/mol. The third-order valence-corrected chi connectivity index (χ3v) is 3.81. The van der Waals surface area contributed by atoms with Gasteiger partial charge in [0.1, 0.15) is 0 Å². The lowest BCUT2D eigenvalue weighted by atomic mass is 9.81. The summed E-state index contributed by atoms with van der Waals surface area (Å²) < 4.78 is 0. The van der Waals surface area contributed by atoms with Crippen LogP contribution in [-0.4, -0.2) is 11.8 Å². The minimum absolute atomic E-state index is 0.0122. The second-order valence-corrected chi connectivity index (χ2v) is 4.46. The Kier molecular flexibility index (Phi) is 2.62. The van der Waals surface area contributed by atoms with E-state index in [2.05, 4.69) is 10.9 Å². The molecule has 6 heteroatoms. The van der Waals surface area contributed by atoms with Crippen LogP contribution in [0.2, 0.25) is 0 Å². The molecule has 2 rings (SSSR count). The van der Waals surface area contributed by atoms with Crippen molar-refractivity contribution >= 4 is 11.8 Å². The number of rotatable bonds is 2. The van der Waals surface area contributed by atoms with Crippen LogP contribution in [0.15, 0.2) is 0 Å². The fourth-order valence-electron chi connectivity index (χ4n) is 3.13. The highest BCUT2D eigenvalue weighted by Gasteiger charge is 2.50. The molecule has 4 atom stereocenters. The third kappa shape index (κ3) is 1.59. The Balaban J connectivity index is 2.00. The van der Waals surface area contributed by atoms with Gasteiger partial charge in [0.25, 0.3) is 0 Å². The van der Waals surface area contributed by atoms with Crippen LogP contribution in [0.3, 0.4) is 0 Å². The standard InChI is InChI=1S/C9H16N4O2/c10-12-8(14)6-2-4-1-5(6)3-7(4)9(15)13-11/h4-7H,1-3,10-11H2,(H,12,14)(H,13,15)/t4-,5+,6-,7-/m0/s1. The zero-order valence-corrected chi connectivity index (χ0v) is 8.40. The fraction of sp³-hybridized carbons (Fsp3) is 0.778. The van der Waals surface area contributed by atoms with Gasteiger partial charge in [-0.3, -0.25) is 20.4 Å². The molecule has 2 bridgehead atoms. The first kappa shape index (κ1) is 10.4. The second kappa shape index (κ2) is 3.79. The SMILES string of the molecule is NNC(=O)[C@H]1C[C@@H]2C[C@@H]1C[C@@H]2C(=O)NN. The molecule has 0 aromatic rings. The Morgan fingerprint density at radius 3 is 1.53 bits per heavy atom. The number of nitrogens with two attached hydrogens (primary N) is 2. The summed E-state index contributed by atoms with van der Waals surface area (Å²) in [4.78, 5) is 22.8. The smallest absolute Gasteiger partial charge is 0.237 e. The van der Waals surface area contributed by atoms with E-state index >= 15 is 0 Å². The Bertz CT molecular complexity index is 266. The van der Waals surface area contributed by atoms with Gasteiger partial charge >= 0.3 is 0 Å². The zero-order chi connectivity index (χ0) is 11.0. The molecular formula is C9H16N4O2. The Morgan fingerprint density at radius 1 is 0.867 bits per heavy atom. The molecule has 6 N–H and O–H groups in total. The maximum absolute atomic E-state index is 11.4. The summed E-state index contributed by atoms with van der Waals surface area (Å²) in [7, 11) is 0. The summed E-state index contributed by atoms with van der Waals surface area (Å²) in [5, 5.41) is 0. The number of hydrogen-bond acceptors (Lipinski definition) is 4. The molecule has 2 amide bonds. The normalized spacial score (nSPS) is 37.7. The van der Waals surface area contributed by atoms with Gasteiger partial charge in [-0.15, -0.1) is 0 Å². The van der Waals surface area contributed by atoms with Crippen molar-refractivity contribution in [1.29, 1.82) is 0 Å². The molecule has 0 aromatic carbocycles. The molecule has 6 nitrogen and oxygen atoms in total. The molecule has 2 saturated carbocycles. The van der Waals surface area contributed by atoms with E-state index in [1.165, 1.54) is 0 Å². The number of amides is 2. The number of carbonyl (C=O) groups excluding carboxylic acids is 2. The minimum atomic E-state index is -0.103. The molecule has 84 valence electrons. The van der Waals surface area contributed by atoms with Gasteiger partial charge in [-0.2, -0.15) is 0 Å². The lowest BCUT2D eigenvalue weighted by molar-refractivity contribution is -0.131. The largest absolute Gasteiger partial charge is 0.294 e. The van der Waals surface area contributed by atoms with E-state index in [9.17, 15) is 9.59 Å². The Labute approximate surface area is 87.7 Å². The summed E-state index contributed by atoms with van der Waals surface area (Å²) in [6, 6.07) is 0. The molecular weight excluding hydrogens is 196 g/mol. The molecule has 0 saturated heterocycles. The van der Waals surface area contributed by atoms with Crippen molar-refractivity contribution in [1.82, 2.24) is 10.9 Å². The predicted octanol–water partition coefficient (Wildman–Crippen LogP) is -1.37. The number of hydrazine groups is 2. The van der Waals surface area contributed by atoms with E-state index in [-0.39, 0.29) is 23.7 Å². The molecule has 2 fully saturated rings. The summed E-state index contributed by atoms with van der Waals surface area (Å²) in [5.74, 6) is 10.6. The first-order chi connectivity index (χ1) is 7.17. The highest BCUT2D eigenvalue weighted by Crippen LogP contribution is 2.51. The fourth-order valence-corrected chi connectivity index (χ4v) is 3.13. The molecule has 2 aliphatic rings. The van der Waals surface area contributed by atoms with Crippen LogP contribution in [0, 0.1) is 23.7 Å². The maximum atomic E-state index is 11.4. The van der Waals surface area contributed by atoms with Crippen molar-refractivity contribution in [2.75, 3.05) is 0 Å². The van der Waals surface area contributed by atoms with E-state index < -0.39 is 0 Å². The van der Waals surface area contributed by atoms with Gasteiger partial charge in [0.15, 0.2) is 0 Å². The maximum Gasteiger partial charge on any atom is 0.237 e. The van der Waals surface area contributed by atoms with E-state index in [1.807, 2.05) is 0 Å². The highest BCUT2D eigenvalue weighted by molar-refractivity contribution is 5.82. The van der Waals surface area contributed by atoms with Crippen molar-refractivity contribution in [3.8, 4) is 0 Å². The molecule has 0 unspecified atom stereocenters. The van der Waals surface area contributed by atoms with E-state index in [1.54, 1.807) is 0 Å². The quantitative estimate of drug-likeness (QED) is 0.257. The average molecular weight is 212 g/mol. The summed E-state index contributed by atoms with van der Waals surface area (Å²) >= 11 is 0. The molecule has 0 aliphatic heterocycles. The summed E-state index contributed by atoms with van der Waals surface area (Å²) in [5.41, 5.74) is 4.37. The van der Waals surface area contributed by atoms with Crippen LogP contribution >= 0.6 is 0 Å². The number of nitrogens with one attached hydrogen (secondary N) is 2. The van der Waals surface area contributed by atoms with Crippen molar-refractivity contribution in [2.24, 2.45) is 35.4 Å². The van der Waals surface area contributed by atoms with Crippen LogP contribution in [0.4, 0.5) is 0 Å². The highest BCUT2D eigenvalue weighted by atomic mass is 16.2. The average Bonchev–Trinajstić information content (AvgIpc) is 2.85. The van der Waals surface area contributed by atoms with Crippen molar-refractivity contribution in [2.45, 2.75) is 19.3 Å². The second-order valence-electron chi connectivity index (χ2n) is 4.46. The summed E-state index contributed by atoms with van der Waals surface area (Å²) in [6.07, 6.45) is 2.45.